The van der Waals surface area contributed by atoms with Gasteiger partial charge in [0, 0.05) is 45.3 Å². The standard InChI is InChI=1S/C17H35N5.HI/c1-15(2)22-12-7-16(8-13-22)20-17(18-3)19-9-14-21-10-5-4-6-11-21;/h15-16H,4-14H2,1-3H3,(H2,18,19,20);1H. The third-order valence-electron chi connectivity index (χ3n) is 4.99. The average Bonchev–Trinajstić information content (AvgIpc) is 2.55. The summed E-state index contributed by atoms with van der Waals surface area (Å²) in [6.45, 7) is 11.6. The lowest BCUT2D eigenvalue weighted by molar-refractivity contribution is 0.167. The highest BCUT2D eigenvalue weighted by Gasteiger charge is 2.21. The van der Waals surface area contributed by atoms with Gasteiger partial charge in [-0.1, -0.05) is 6.42 Å². The summed E-state index contributed by atoms with van der Waals surface area (Å²) in [4.78, 5) is 9.50. The fraction of sp³-hybridized carbons (Fsp3) is 0.941. The third kappa shape index (κ3) is 7.56. The van der Waals surface area contributed by atoms with Crippen molar-refractivity contribution in [2.45, 2.75) is 58.0 Å². The number of guanidine groups is 1. The molecule has 2 fully saturated rings. The van der Waals surface area contributed by atoms with Crippen molar-refractivity contribution in [1.82, 2.24) is 20.4 Å². The molecule has 136 valence electrons. The van der Waals surface area contributed by atoms with Gasteiger partial charge in [0.1, 0.15) is 0 Å². The smallest absolute Gasteiger partial charge is 0.191 e. The van der Waals surface area contributed by atoms with E-state index in [2.05, 4.69) is 39.3 Å². The van der Waals surface area contributed by atoms with E-state index in [0.717, 1.165) is 19.0 Å². The van der Waals surface area contributed by atoms with Crippen molar-refractivity contribution in [3.8, 4) is 0 Å². The normalized spacial score (nSPS) is 22.0. The van der Waals surface area contributed by atoms with Gasteiger partial charge in [0.25, 0.3) is 0 Å². The Morgan fingerprint density at radius 3 is 2.30 bits per heavy atom. The van der Waals surface area contributed by atoms with Crippen molar-refractivity contribution in [1.29, 1.82) is 0 Å². The molecule has 2 aliphatic heterocycles. The van der Waals surface area contributed by atoms with Gasteiger partial charge in [-0.3, -0.25) is 4.99 Å². The summed E-state index contributed by atoms with van der Waals surface area (Å²) in [5, 5.41) is 7.08. The molecule has 0 aromatic heterocycles. The molecule has 2 rings (SSSR count). The van der Waals surface area contributed by atoms with Crippen LogP contribution in [-0.4, -0.2) is 74.2 Å². The van der Waals surface area contributed by atoms with Crippen molar-refractivity contribution >= 4 is 29.9 Å². The molecule has 2 saturated heterocycles. The van der Waals surface area contributed by atoms with E-state index >= 15 is 0 Å². The summed E-state index contributed by atoms with van der Waals surface area (Å²) < 4.78 is 0. The van der Waals surface area contributed by atoms with E-state index in [-0.39, 0.29) is 24.0 Å². The molecule has 0 bridgehead atoms. The van der Waals surface area contributed by atoms with Crippen LogP contribution in [0.1, 0.15) is 46.0 Å². The molecule has 5 nitrogen and oxygen atoms in total. The molecule has 0 radical (unpaired) electrons. The van der Waals surface area contributed by atoms with E-state index in [1.54, 1.807) is 0 Å². The maximum absolute atomic E-state index is 4.38. The van der Waals surface area contributed by atoms with Crippen LogP contribution in [0.3, 0.4) is 0 Å². The van der Waals surface area contributed by atoms with Gasteiger partial charge in [-0.05, 0) is 52.6 Å². The number of likely N-dealkylation sites (tertiary alicyclic amines) is 2. The molecular formula is C17H36IN5. The van der Waals surface area contributed by atoms with Gasteiger partial charge in [0.05, 0.1) is 0 Å². The lowest BCUT2D eigenvalue weighted by Gasteiger charge is -2.35. The van der Waals surface area contributed by atoms with Crippen molar-refractivity contribution < 1.29 is 0 Å². The van der Waals surface area contributed by atoms with E-state index < -0.39 is 0 Å². The highest BCUT2D eigenvalue weighted by atomic mass is 127. The number of nitrogens with zero attached hydrogens (tertiary/aromatic N) is 3. The molecule has 0 atom stereocenters. The highest BCUT2D eigenvalue weighted by molar-refractivity contribution is 14.0. The molecule has 2 heterocycles. The van der Waals surface area contributed by atoms with E-state index in [9.17, 15) is 0 Å². The first kappa shape index (κ1) is 21.0. The van der Waals surface area contributed by atoms with Crippen LogP contribution in [0, 0.1) is 0 Å². The molecule has 0 aliphatic carbocycles. The predicted octanol–water partition coefficient (Wildman–Crippen LogP) is 2.13. The number of halogens is 1. The monoisotopic (exact) mass is 437 g/mol. The Kier molecular flexibility index (Phi) is 10.5. The van der Waals surface area contributed by atoms with Crippen molar-refractivity contribution in [3.63, 3.8) is 0 Å². The quantitative estimate of drug-likeness (QED) is 0.393. The van der Waals surface area contributed by atoms with E-state index in [0.29, 0.717) is 12.1 Å². The first-order chi connectivity index (χ1) is 10.7. The number of hydrogen-bond donors (Lipinski definition) is 2. The van der Waals surface area contributed by atoms with Crippen LogP contribution in [0.25, 0.3) is 0 Å². The van der Waals surface area contributed by atoms with Crippen LogP contribution in [0.4, 0.5) is 0 Å². The SMILES string of the molecule is CN=C(NCCN1CCCCC1)NC1CCN(C(C)C)CC1.I. The maximum Gasteiger partial charge on any atom is 0.191 e. The molecule has 2 aliphatic rings. The van der Waals surface area contributed by atoms with Crippen LogP contribution in [0.2, 0.25) is 0 Å². The van der Waals surface area contributed by atoms with Crippen LogP contribution in [0.5, 0.6) is 0 Å². The number of aliphatic imine (C=N–C) groups is 1. The lowest BCUT2D eigenvalue weighted by atomic mass is 10.0. The van der Waals surface area contributed by atoms with Gasteiger partial charge >= 0.3 is 0 Å². The zero-order chi connectivity index (χ0) is 15.8. The fourth-order valence-electron chi connectivity index (χ4n) is 3.46. The van der Waals surface area contributed by atoms with E-state index in [1.165, 1.54) is 58.3 Å². The van der Waals surface area contributed by atoms with Crippen LogP contribution in [0.15, 0.2) is 4.99 Å². The number of nitrogens with one attached hydrogen (secondary N) is 2. The number of hydrogen-bond acceptors (Lipinski definition) is 3. The number of piperidine rings is 2. The van der Waals surface area contributed by atoms with Crippen molar-refractivity contribution in [3.05, 3.63) is 0 Å². The highest BCUT2D eigenvalue weighted by Crippen LogP contribution is 2.12. The second kappa shape index (κ2) is 11.5. The number of rotatable bonds is 5. The summed E-state index contributed by atoms with van der Waals surface area (Å²) in [5.74, 6) is 0.972. The van der Waals surface area contributed by atoms with Gasteiger partial charge < -0.3 is 20.4 Å². The molecular weight excluding hydrogens is 401 g/mol. The van der Waals surface area contributed by atoms with E-state index in [4.69, 9.17) is 0 Å². The zero-order valence-electron chi connectivity index (χ0n) is 15.2. The van der Waals surface area contributed by atoms with Crippen molar-refractivity contribution in [2.24, 2.45) is 4.99 Å². The first-order valence-corrected chi connectivity index (χ1v) is 9.12. The van der Waals surface area contributed by atoms with Crippen LogP contribution in [-0.2, 0) is 0 Å². The Morgan fingerprint density at radius 1 is 1.09 bits per heavy atom. The minimum Gasteiger partial charge on any atom is -0.355 e. The summed E-state index contributed by atoms with van der Waals surface area (Å²) in [7, 11) is 1.87. The first-order valence-electron chi connectivity index (χ1n) is 9.12. The fourth-order valence-corrected chi connectivity index (χ4v) is 3.46. The summed E-state index contributed by atoms with van der Waals surface area (Å²) in [5.41, 5.74) is 0. The van der Waals surface area contributed by atoms with Gasteiger partial charge in [0.2, 0.25) is 0 Å². The average molecular weight is 437 g/mol. The summed E-state index contributed by atoms with van der Waals surface area (Å²) in [6, 6.07) is 1.24. The van der Waals surface area contributed by atoms with Gasteiger partial charge in [-0.15, -0.1) is 24.0 Å². The second-order valence-electron chi connectivity index (χ2n) is 6.95. The summed E-state index contributed by atoms with van der Waals surface area (Å²) >= 11 is 0. The summed E-state index contributed by atoms with van der Waals surface area (Å²) in [6.07, 6.45) is 6.56. The molecule has 2 N–H and O–H groups in total. The maximum atomic E-state index is 4.38. The predicted molar refractivity (Wildman–Crippen MR) is 110 cm³/mol. The molecule has 23 heavy (non-hydrogen) atoms. The Labute approximate surface area is 159 Å². The molecule has 0 unspecified atom stereocenters. The molecule has 0 amide bonds. The minimum atomic E-state index is 0. The topological polar surface area (TPSA) is 42.9 Å². The molecule has 0 spiro atoms. The Hall–Kier alpha value is -0.0800. The van der Waals surface area contributed by atoms with E-state index in [1.807, 2.05) is 7.05 Å². The third-order valence-corrected chi connectivity index (χ3v) is 4.99. The van der Waals surface area contributed by atoms with Crippen LogP contribution >= 0.6 is 24.0 Å². The Balaban J connectivity index is 0.00000264. The Bertz CT molecular complexity index is 334. The second-order valence-corrected chi connectivity index (χ2v) is 6.95. The lowest BCUT2D eigenvalue weighted by Crippen LogP contribution is -2.50. The van der Waals surface area contributed by atoms with Gasteiger partial charge in [0.15, 0.2) is 5.96 Å². The molecule has 0 saturated carbocycles. The zero-order valence-corrected chi connectivity index (χ0v) is 17.5. The Morgan fingerprint density at radius 2 is 1.74 bits per heavy atom. The molecule has 6 heteroatoms. The van der Waals surface area contributed by atoms with Gasteiger partial charge in [-0.25, -0.2) is 0 Å². The van der Waals surface area contributed by atoms with Gasteiger partial charge in [-0.2, -0.15) is 0 Å². The minimum absolute atomic E-state index is 0. The molecule has 0 aromatic rings. The largest absolute Gasteiger partial charge is 0.355 e. The molecule has 0 aromatic carbocycles. The van der Waals surface area contributed by atoms with Crippen molar-refractivity contribution in [2.75, 3.05) is 46.3 Å². The van der Waals surface area contributed by atoms with Crippen LogP contribution < -0.4 is 10.6 Å².